The summed E-state index contributed by atoms with van der Waals surface area (Å²) in [5.41, 5.74) is 8.81. The molecule has 0 aliphatic carbocycles. The first-order valence-electron chi connectivity index (χ1n) is 8.16. The Kier molecular flexibility index (Phi) is 5.23. The van der Waals surface area contributed by atoms with Gasteiger partial charge in [0.25, 0.3) is 5.91 Å². The molecule has 0 bridgehead atoms. The van der Waals surface area contributed by atoms with Crippen LogP contribution in [0.2, 0.25) is 5.02 Å². The van der Waals surface area contributed by atoms with Crippen LogP contribution < -0.4 is 16.3 Å². The number of aromatic nitrogens is 1. The van der Waals surface area contributed by atoms with E-state index >= 15 is 0 Å². The van der Waals surface area contributed by atoms with Crippen molar-refractivity contribution in [1.29, 1.82) is 5.26 Å². The third kappa shape index (κ3) is 3.55. The Morgan fingerprint density at radius 2 is 2.04 bits per heavy atom. The maximum Gasteiger partial charge on any atom is 0.265 e. The van der Waals surface area contributed by atoms with Crippen LogP contribution in [0, 0.1) is 25.2 Å². The van der Waals surface area contributed by atoms with Gasteiger partial charge in [0.15, 0.2) is 0 Å². The number of carbonyl (C=O) groups is 1. The van der Waals surface area contributed by atoms with Crippen molar-refractivity contribution >= 4 is 52.9 Å². The molecule has 1 amide bonds. The largest absolute Gasteiger partial charge is 0.364 e. The molecule has 0 saturated heterocycles. The highest BCUT2D eigenvalue weighted by Gasteiger charge is 2.23. The van der Waals surface area contributed by atoms with Crippen molar-refractivity contribution in [2.24, 2.45) is 5.73 Å². The standard InChI is InChI=1S/C20H17ClN3O2P/c1-11-8-13(4-3-7-22)12(2)17(9-11)27(26)19-15-10-14(21)5-6-16(15)24-18(19)20(23)25/h3-6,8-10,24,27H,1-2H3,(H2,23,25). The highest BCUT2D eigenvalue weighted by molar-refractivity contribution is 7.62. The number of aryl methyl sites for hydroxylation is 1. The van der Waals surface area contributed by atoms with Crippen LogP contribution >= 0.6 is 19.4 Å². The minimum Gasteiger partial charge on any atom is -0.364 e. The van der Waals surface area contributed by atoms with Gasteiger partial charge in [-0.25, -0.2) is 0 Å². The normalized spacial score (nSPS) is 12.4. The number of nitrogens with zero attached hydrogens (tertiary/aromatic N) is 1. The average molecular weight is 398 g/mol. The molecule has 0 aliphatic heterocycles. The summed E-state index contributed by atoms with van der Waals surface area (Å²) in [7, 11) is -2.57. The molecular weight excluding hydrogens is 381 g/mol. The lowest BCUT2D eigenvalue weighted by atomic mass is 10.1. The number of rotatable bonds is 4. The lowest BCUT2D eigenvalue weighted by Gasteiger charge is -2.12. The molecule has 0 saturated carbocycles. The number of nitriles is 1. The fourth-order valence-corrected chi connectivity index (χ4v) is 5.29. The number of hydrogen-bond acceptors (Lipinski definition) is 3. The first kappa shape index (κ1) is 19.0. The number of aromatic amines is 1. The van der Waals surface area contributed by atoms with Crippen LogP contribution in [-0.2, 0) is 4.57 Å². The zero-order valence-corrected chi connectivity index (χ0v) is 16.5. The lowest BCUT2D eigenvalue weighted by molar-refractivity contribution is 0.0997. The number of amides is 1. The molecule has 7 heteroatoms. The van der Waals surface area contributed by atoms with Crippen LogP contribution in [0.4, 0.5) is 0 Å². The Bertz CT molecular complexity index is 1170. The maximum atomic E-state index is 13.6. The number of primary amides is 1. The van der Waals surface area contributed by atoms with Crippen LogP contribution in [0.25, 0.3) is 17.0 Å². The van der Waals surface area contributed by atoms with Crippen molar-refractivity contribution in [3.63, 3.8) is 0 Å². The molecule has 1 atom stereocenters. The second kappa shape index (κ2) is 7.44. The Morgan fingerprint density at radius 1 is 1.30 bits per heavy atom. The summed E-state index contributed by atoms with van der Waals surface area (Å²) in [4.78, 5) is 14.9. The molecule has 1 unspecified atom stereocenters. The van der Waals surface area contributed by atoms with E-state index in [9.17, 15) is 9.36 Å². The van der Waals surface area contributed by atoms with Gasteiger partial charge in [0.1, 0.15) is 13.5 Å². The van der Waals surface area contributed by atoms with E-state index in [2.05, 4.69) is 4.98 Å². The fourth-order valence-electron chi connectivity index (χ4n) is 3.14. The third-order valence-electron chi connectivity index (χ3n) is 4.41. The Hall–Kier alpha value is -2.80. The van der Waals surface area contributed by atoms with Gasteiger partial charge >= 0.3 is 0 Å². The van der Waals surface area contributed by atoms with Gasteiger partial charge in [-0.3, -0.25) is 4.79 Å². The van der Waals surface area contributed by atoms with Crippen molar-refractivity contribution < 1.29 is 9.36 Å². The second-order valence-corrected chi connectivity index (χ2v) is 8.38. The van der Waals surface area contributed by atoms with E-state index in [-0.39, 0.29) is 5.69 Å². The molecule has 2 aromatic carbocycles. The van der Waals surface area contributed by atoms with E-state index in [1.807, 2.05) is 32.0 Å². The molecule has 0 fully saturated rings. The topological polar surface area (TPSA) is 99.7 Å². The summed E-state index contributed by atoms with van der Waals surface area (Å²) in [6.07, 6.45) is 3.06. The number of carbonyl (C=O) groups excluding carboxylic acids is 1. The summed E-state index contributed by atoms with van der Waals surface area (Å²) >= 11 is 6.11. The van der Waals surface area contributed by atoms with Gasteiger partial charge in [-0.2, -0.15) is 5.26 Å². The predicted molar refractivity (Wildman–Crippen MR) is 111 cm³/mol. The molecule has 5 nitrogen and oxygen atoms in total. The lowest BCUT2D eigenvalue weighted by Crippen LogP contribution is -2.21. The van der Waals surface area contributed by atoms with Gasteiger partial charge in [-0.1, -0.05) is 17.7 Å². The number of hydrogen-bond donors (Lipinski definition) is 2. The number of nitrogens with one attached hydrogen (secondary N) is 1. The van der Waals surface area contributed by atoms with Crippen LogP contribution in [0.3, 0.4) is 0 Å². The molecule has 27 heavy (non-hydrogen) atoms. The summed E-state index contributed by atoms with van der Waals surface area (Å²) in [6, 6.07) is 10.8. The zero-order valence-electron chi connectivity index (χ0n) is 14.8. The summed E-state index contributed by atoms with van der Waals surface area (Å²) < 4.78 is 13.6. The highest BCUT2D eigenvalue weighted by atomic mass is 35.5. The number of allylic oxidation sites excluding steroid dienone is 1. The monoisotopic (exact) mass is 397 g/mol. The Morgan fingerprint density at radius 3 is 2.70 bits per heavy atom. The predicted octanol–water partition coefficient (Wildman–Crippen LogP) is 3.58. The van der Waals surface area contributed by atoms with E-state index in [4.69, 9.17) is 22.6 Å². The van der Waals surface area contributed by atoms with Crippen molar-refractivity contribution in [3.05, 3.63) is 63.8 Å². The second-order valence-electron chi connectivity index (χ2n) is 6.25. The number of benzene rings is 2. The van der Waals surface area contributed by atoms with Gasteiger partial charge in [0, 0.05) is 27.3 Å². The summed E-state index contributed by atoms with van der Waals surface area (Å²) in [6.45, 7) is 3.74. The van der Waals surface area contributed by atoms with Gasteiger partial charge in [-0.05, 0) is 60.9 Å². The highest BCUT2D eigenvalue weighted by Crippen LogP contribution is 2.31. The average Bonchev–Trinajstić information content (AvgIpc) is 3.00. The van der Waals surface area contributed by atoms with Gasteiger partial charge in [-0.15, -0.1) is 0 Å². The Labute approximate surface area is 162 Å². The van der Waals surface area contributed by atoms with Crippen molar-refractivity contribution in [1.82, 2.24) is 4.98 Å². The zero-order chi connectivity index (χ0) is 19.7. The SMILES string of the molecule is Cc1cc(C=CC#N)c(C)c([PH](=O)c2c(C(N)=O)[nH]c3ccc(Cl)cc23)c1. The van der Waals surface area contributed by atoms with E-state index in [1.165, 1.54) is 6.08 Å². The van der Waals surface area contributed by atoms with Crippen LogP contribution in [0.5, 0.6) is 0 Å². The van der Waals surface area contributed by atoms with Crippen LogP contribution in [-0.4, -0.2) is 10.9 Å². The van der Waals surface area contributed by atoms with Crippen molar-refractivity contribution in [2.45, 2.75) is 13.8 Å². The third-order valence-corrected chi connectivity index (χ3v) is 6.63. The number of halogens is 1. The quantitative estimate of drug-likeness (QED) is 0.519. The number of fused-ring (bicyclic) bond motifs is 1. The van der Waals surface area contributed by atoms with Crippen molar-refractivity contribution in [3.8, 4) is 6.07 Å². The molecule has 3 aromatic rings. The molecule has 3 N–H and O–H groups in total. The number of nitrogens with two attached hydrogens (primary N) is 1. The van der Waals surface area contributed by atoms with Crippen LogP contribution in [0.15, 0.2) is 36.4 Å². The summed E-state index contributed by atoms with van der Waals surface area (Å²) in [5, 5.41) is 10.9. The molecule has 0 radical (unpaired) electrons. The molecule has 0 spiro atoms. The first-order chi connectivity index (χ1) is 12.8. The van der Waals surface area contributed by atoms with Crippen LogP contribution in [0.1, 0.15) is 27.2 Å². The fraction of sp³-hybridized carbons (Fsp3) is 0.100. The van der Waals surface area contributed by atoms with E-state index in [1.54, 1.807) is 24.3 Å². The minimum atomic E-state index is -2.57. The Balaban J connectivity index is 2.29. The summed E-state index contributed by atoms with van der Waals surface area (Å²) in [5.74, 6) is -0.675. The van der Waals surface area contributed by atoms with E-state index in [0.29, 0.717) is 26.5 Å². The number of H-pyrrole nitrogens is 1. The van der Waals surface area contributed by atoms with Crippen molar-refractivity contribution in [2.75, 3.05) is 0 Å². The molecule has 1 heterocycles. The molecule has 136 valence electrons. The van der Waals surface area contributed by atoms with Gasteiger partial charge in [0.05, 0.1) is 11.4 Å². The van der Waals surface area contributed by atoms with E-state index < -0.39 is 13.7 Å². The van der Waals surface area contributed by atoms with Gasteiger partial charge < -0.3 is 15.3 Å². The maximum absolute atomic E-state index is 13.6. The van der Waals surface area contributed by atoms with E-state index in [0.717, 1.165) is 16.7 Å². The van der Waals surface area contributed by atoms with Gasteiger partial charge in [0.2, 0.25) is 0 Å². The molecule has 0 aliphatic rings. The molecular formula is C20H17ClN3O2P. The minimum absolute atomic E-state index is 0.131. The molecule has 3 rings (SSSR count). The smallest absolute Gasteiger partial charge is 0.265 e. The molecule has 1 aromatic heterocycles. The first-order valence-corrected chi connectivity index (χ1v) is 9.95.